The Labute approximate surface area is 116 Å². The number of benzene rings is 1. The Morgan fingerprint density at radius 1 is 1.10 bits per heavy atom. The molecule has 0 radical (unpaired) electrons. The fraction of sp³-hybridized carbons (Fsp3) is 0.538. The van der Waals surface area contributed by atoms with Crippen molar-refractivity contribution in [2.45, 2.75) is 20.3 Å². The summed E-state index contributed by atoms with van der Waals surface area (Å²) >= 11 is 0. The smallest absolute Gasteiger partial charge is 0.299 e. The molecule has 0 bridgehead atoms. The first-order valence-electron chi connectivity index (χ1n) is 6.56. The summed E-state index contributed by atoms with van der Waals surface area (Å²) in [4.78, 5) is 22.7. The van der Waals surface area contributed by atoms with Gasteiger partial charge in [0.25, 0.3) is 11.4 Å². The van der Waals surface area contributed by atoms with Crippen LogP contribution in [0.2, 0.25) is 0 Å². The highest BCUT2D eigenvalue weighted by Gasteiger charge is 2.28. The predicted molar refractivity (Wildman–Crippen MR) is 74.9 cm³/mol. The SMILES string of the molecule is C[C@H]1C[C@H](C)CN(c2ccc([N+](=O)[O-])cc2[N+](=O)[O-])C1. The molecule has 108 valence electrons. The van der Waals surface area contributed by atoms with Gasteiger partial charge in [0.15, 0.2) is 0 Å². The van der Waals surface area contributed by atoms with Gasteiger partial charge >= 0.3 is 0 Å². The summed E-state index contributed by atoms with van der Waals surface area (Å²) < 4.78 is 0. The van der Waals surface area contributed by atoms with Crippen molar-refractivity contribution in [1.82, 2.24) is 0 Å². The molecule has 2 rings (SSSR count). The summed E-state index contributed by atoms with van der Waals surface area (Å²) in [5.74, 6) is 0.905. The van der Waals surface area contributed by atoms with Crippen molar-refractivity contribution in [2.24, 2.45) is 11.8 Å². The zero-order chi connectivity index (χ0) is 14.9. The second kappa shape index (κ2) is 5.44. The Morgan fingerprint density at radius 3 is 2.20 bits per heavy atom. The fourth-order valence-corrected chi connectivity index (χ4v) is 2.90. The Morgan fingerprint density at radius 2 is 1.70 bits per heavy atom. The van der Waals surface area contributed by atoms with Gasteiger partial charge in [-0.2, -0.15) is 0 Å². The van der Waals surface area contributed by atoms with E-state index < -0.39 is 9.85 Å². The lowest BCUT2D eigenvalue weighted by Gasteiger charge is -2.36. The van der Waals surface area contributed by atoms with Crippen LogP contribution in [0.3, 0.4) is 0 Å². The molecule has 1 aromatic rings. The van der Waals surface area contributed by atoms with Gasteiger partial charge in [0, 0.05) is 19.2 Å². The third-order valence-corrected chi connectivity index (χ3v) is 3.58. The minimum absolute atomic E-state index is 0.194. The van der Waals surface area contributed by atoms with E-state index in [1.807, 2.05) is 4.90 Å². The number of rotatable bonds is 3. The average molecular weight is 279 g/mol. The molecule has 2 atom stereocenters. The third-order valence-electron chi connectivity index (χ3n) is 3.58. The first-order chi connectivity index (χ1) is 9.38. The van der Waals surface area contributed by atoms with Gasteiger partial charge in [-0.3, -0.25) is 20.2 Å². The van der Waals surface area contributed by atoms with E-state index in [0.717, 1.165) is 25.6 Å². The van der Waals surface area contributed by atoms with Crippen LogP contribution in [0.1, 0.15) is 20.3 Å². The zero-order valence-electron chi connectivity index (χ0n) is 11.5. The van der Waals surface area contributed by atoms with Crippen LogP contribution in [0.25, 0.3) is 0 Å². The van der Waals surface area contributed by atoms with Crippen LogP contribution in [0.4, 0.5) is 17.1 Å². The molecule has 1 heterocycles. The quantitative estimate of drug-likeness (QED) is 0.626. The van der Waals surface area contributed by atoms with Gasteiger partial charge in [0.05, 0.1) is 15.9 Å². The summed E-state index contributed by atoms with van der Waals surface area (Å²) in [6.07, 6.45) is 1.09. The molecular formula is C13H17N3O4. The molecular weight excluding hydrogens is 262 g/mol. The Balaban J connectivity index is 2.40. The van der Waals surface area contributed by atoms with Crippen LogP contribution in [-0.4, -0.2) is 22.9 Å². The maximum atomic E-state index is 11.2. The minimum Gasteiger partial charge on any atom is -0.365 e. The van der Waals surface area contributed by atoms with Crippen molar-refractivity contribution in [3.8, 4) is 0 Å². The van der Waals surface area contributed by atoms with E-state index in [0.29, 0.717) is 17.5 Å². The number of hydrogen-bond acceptors (Lipinski definition) is 5. The van der Waals surface area contributed by atoms with Crippen molar-refractivity contribution < 1.29 is 9.85 Å². The topological polar surface area (TPSA) is 89.5 Å². The predicted octanol–water partition coefficient (Wildman–Crippen LogP) is 2.99. The molecule has 1 aliphatic heterocycles. The summed E-state index contributed by atoms with van der Waals surface area (Å²) in [7, 11) is 0. The number of nitro groups is 2. The lowest BCUT2D eigenvalue weighted by atomic mass is 9.91. The Kier molecular flexibility index (Phi) is 3.87. The molecule has 1 aromatic carbocycles. The van der Waals surface area contributed by atoms with Gasteiger partial charge < -0.3 is 4.90 Å². The van der Waals surface area contributed by atoms with Crippen LogP contribution in [0.5, 0.6) is 0 Å². The van der Waals surface area contributed by atoms with Crippen molar-refractivity contribution in [2.75, 3.05) is 18.0 Å². The van der Waals surface area contributed by atoms with Crippen molar-refractivity contribution in [1.29, 1.82) is 0 Å². The average Bonchev–Trinajstić information content (AvgIpc) is 2.36. The number of nitrogens with zero attached hydrogens (tertiary/aromatic N) is 3. The zero-order valence-corrected chi connectivity index (χ0v) is 11.5. The summed E-state index contributed by atoms with van der Waals surface area (Å²) in [6, 6.07) is 3.85. The highest BCUT2D eigenvalue weighted by atomic mass is 16.6. The van der Waals surface area contributed by atoms with Crippen molar-refractivity contribution in [3.63, 3.8) is 0 Å². The second-order valence-electron chi connectivity index (χ2n) is 5.54. The van der Waals surface area contributed by atoms with Crippen LogP contribution >= 0.6 is 0 Å². The molecule has 1 fully saturated rings. The summed E-state index contributed by atoms with van der Waals surface area (Å²) in [5.41, 5.74) is 0.0260. The number of nitro benzene ring substituents is 2. The number of non-ortho nitro benzene ring substituents is 1. The maximum absolute atomic E-state index is 11.2. The van der Waals surface area contributed by atoms with Crippen molar-refractivity contribution in [3.05, 3.63) is 38.4 Å². The molecule has 0 spiro atoms. The van der Waals surface area contributed by atoms with E-state index >= 15 is 0 Å². The van der Waals surface area contributed by atoms with Gasteiger partial charge in [-0.15, -0.1) is 0 Å². The highest BCUT2D eigenvalue weighted by molar-refractivity contribution is 5.67. The molecule has 7 nitrogen and oxygen atoms in total. The van der Waals surface area contributed by atoms with E-state index in [1.54, 1.807) is 0 Å². The first-order valence-corrected chi connectivity index (χ1v) is 6.56. The monoisotopic (exact) mass is 279 g/mol. The van der Waals surface area contributed by atoms with Gasteiger partial charge in [-0.25, -0.2) is 0 Å². The molecule has 7 heteroatoms. The molecule has 1 aliphatic rings. The van der Waals surface area contributed by atoms with Gasteiger partial charge in [-0.05, 0) is 24.3 Å². The molecule has 0 N–H and O–H groups in total. The minimum atomic E-state index is -0.613. The summed E-state index contributed by atoms with van der Waals surface area (Å²) in [5, 5.41) is 21.9. The molecule has 0 aromatic heterocycles. The number of piperidine rings is 1. The first kappa shape index (κ1) is 14.2. The summed E-state index contributed by atoms with van der Waals surface area (Å²) in [6.45, 7) is 5.70. The van der Waals surface area contributed by atoms with E-state index in [1.165, 1.54) is 12.1 Å². The Bertz CT molecular complexity index is 536. The third kappa shape index (κ3) is 2.87. The van der Waals surface area contributed by atoms with Crippen LogP contribution in [0, 0.1) is 32.1 Å². The van der Waals surface area contributed by atoms with Crippen LogP contribution < -0.4 is 4.90 Å². The number of hydrogen-bond donors (Lipinski definition) is 0. The fourth-order valence-electron chi connectivity index (χ4n) is 2.90. The number of anilines is 1. The van der Waals surface area contributed by atoms with E-state index in [9.17, 15) is 20.2 Å². The molecule has 1 saturated heterocycles. The van der Waals surface area contributed by atoms with Crippen LogP contribution in [-0.2, 0) is 0 Å². The molecule has 20 heavy (non-hydrogen) atoms. The van der Waals surface area contributed by atoms with Crippen molar-refractivity contribution >= 4 is 17.1 Å². The second-order valence-corrected chi connectivity index (χ2v) is 5.54. The molecule has 0 saturated carbocycles. The standard InChI is InChI=1S/C13H17N3O4/c1-9-5-10(2)8-14(7-9)12-4-3-11(15(17)18)6-13(12)16(19)20/h3-4,6,9-10H,5,7-8H2,1-2H3/t9-,10-/m0/s1. The highest BCUT2D eigenvalue weighted by Crippen LogP contribution is 2.35. The lowest BCUT2D eigenvalue weighted by Crippen LogP contribution is -2.39. The Hall–Kier alpha value is -2.18. The molecule has 0 unspecified atom stereocenters. The van der Waals surface area contributed by atoms with Gasteiger partial charge in [-0.1, -0.05) is 13.8 Å². The normalized spacial score (nSPS) is 22.6. The molecule has 0 amide bonds. The van der Waals surface area contributed by atoms with E-state index in [2.05, 4.69) is 13.8 Å². The van der Waals surface area contributed by atoms with Gasteiger partial charge in [0.1, 0.15) is 5.69 Å². The molecule has 0 aliphatic carbocycles. The maximum Gasteiger partial charge on any atom is 0.299 e. The van der Waals surface area contributed by atoms with Gasteiger partial charge in [0.2, 0.25) is 0 Å². The largest absolute Gasteiger partial charge is 0.365 e. The lowest BCUT2D eigenvalue weighted by molar-refractivity contribution is -0.393. The van der Waals surface area contributed by atoms with E-state index in [-0.39, 0.29) is 11.4 Å². The van der Waals surface area contributed by atoms with Crippen LogP contribution in [0.15, 0.2) is 18.2 Å². The van der Waals surface area contributed by atoms with E-state index in [4.69, 9.17) is 0 Å².